The number of carbonyl (C=O) groups excluding carboxylic acids is 1. The van der Waals surface area contributed by atoms with E-state index in [1.165, 1.54) is 0 Å². The summed E-state index contributed by atoms with van der Waals surface area (Å²) in [6, 6.07) is 0. The number of nitrogens with one attached hydrogen (secondary N) is 2. The van der Waals surface area contributed by atoms with E-state index in [-0.39, 0.29) is 0 Å². The first kappa shape index (κ1) is 14.4. The van der Waals surface area contributed by atoms with Crippen molar-refractivity contribution in [1.82, 2.24) is 25.6 Å². The number of aromatic nitrogens is 3. The fraction of sp³-hybridized carbons (Fsp3) is 0.727. The highest BCUT2D eigenvalue weighted by Crippen LogP contribution is 2.05. The normalized spacial score (nSPS) is 11.3. The van der Waals surface area contributed by atoms with Crippen LogP contribution < -0.4 is 10.6 Å². The summed E-state index contributed by atoms with van der Waals surface area (Å²) in [4.78, 5) is 11.3. The molecule has 7 heteroatoms. The molecule has 0 radical (unpaired) electrons. The molecule has 0 saturated heterocycles. The number of amides is 1. The molecule has 0 atom stereocenters. The van der Waals surface area contributed by atoms with Gasteiger partial charge in [-0.2, -0.15) is 0 Å². The van der Waals surface area contributed by atoms with Crippen molar-refractivity contribution >= 4 is 6.09 Å². The highest BCUT2D eigenvalue weighted by Gasteiger charge is 2.15. The zero-order chi connectivity index (χ0) is 13.6. The van der Waals surface area contributed by atoms with Crippen molar-refractivity contribution < 1.29 is 9.53 Å². The monoisotopic (exact) mass is 255 g/mol. The lowest BCUT2D eigenvalue weighted by Crippen LogP contribution is -2.36. The van der Waals surface area contributed by atoms with Crippen LogP contribution in [0.4, 0.5) is 4.79 Å². The van der Waals surface area contributed by atoms with E-state index >= 15 is 0 Å². The fourth-order valence-corrected chi connectivity index (χ4v) is 1.26. The van der Waals surface area contributed by atoms with Crippen LogP contribution in [0.25, 0.3) is 0 Å². The molecule has 0 unspecified atom stereocenters. The quantitative estimate of drug-likeness (QED) is 0.746. The summed E-state index contributed by atoms with van der Waals surface area (Å²) in [6.07, 6.45) is 1.44. The Morgan fingerprint density at radius 3 is 2.72 bits per heavy atom. The third-order valence-corrected chi connectivity index (χ3v) is 1.93. The molecule has 0 aliphatic carbocycles. The first-order valence-electron chi connectivity index (χ1n) is 5.89. The predicted molar refractivity (Wildman–Crippen MR) is 66.9 cm³/mol. The average Bonchev–Trinajstić information content (AvgIpc) is 2.61. The molecule has 1 heterocycles. The minimum Gasteiger partial charge on any atom is -0.444 e. The summed E-state index contributed by atoms with van der Waals surface area (Å²) in [5, 5.41) is 13.6. The second-order valence-electron chi connectivity index (χ2n) is 4.99. The van der Waals surface area contributed by atoms with Gasteiger partial charge in [0.25, 0.3) is 0 Å². The molecule has 102 valence electrons. The van der Waals surface area contributed by atoms with E-state index < -0.39 is 11.7 Å². The summed E-state index contributed by atoms with van der Waals surface area (Å²) in [5.74, 6) is 0. The topological polar surface area (TPSA) is 81.1 Å². The Morgan fingerprint density at radius 2 is 2.17 bits per heavy atom. The molecular weight excluding hydrogens is 234 g/mol. The number of aryl methyl sites for hydroxylation is 1. The van der Waals surface area contributed by atoms with Gasteiger partial charge in [-0.15, -0.1) is 5.10 Å². The number of carbonyl (C=O) groups is 1. The maximum atomic E-state index is 11.3. The van der Waals surface area contributed by atoms with Gasteiger partial charge in [0.05, 0.1) is 5.69 Å². The standard InChI is InChI=1S/C11H21N5O2/c1-11(2,3)18-10(17)13-6-5-12-7-9-8-16(4)15-14-9/h8,12H,5-7H2,1-4H3,(H,13,17). The van der Waals surface area contributed by atoms with Crippen LogP contribution in [-0.2, 0) is 18.3 Å². The highest BCUT2D eigenvalue weighted by atomic mass is 16.6. The van der Waals surface area contributed by atoms with Crippen LogP contribution in [0.5, 0.6) is 0 Å². The zero-order valence-corrected chi connectivity index (χ0v) is 11.4. The zero-order valence-electron chi connectivity index (χ0n) is 11.4. The third-order valence-electron chi connectivity index (χ3n) is 1.93. The van der Waals surface area contributed by atoms with E-state index in [0.29, 0.717) is 19.6 Å². The summed E-state index contributed by atoms with van der Waals surface area (Å²) >= 11 is 0. The number of alkyl carbamates (subject to hydrolysis) is 1. The average molecular weight is 255 g/mol. The first-order valence-corrected chi connectivity index (χ1v) is 5.89. The van der Waals surface area contributed by atoms with Crippen molar-refractivity contribution in [1.29, 1.82) is 0 Å². The molecule has 7 nitrogen and oxygen atoms in total. The van der Waals surface area contributed by atoms with Crippen molar-refractivity contribution in [2.24, 2.45) is 7.05 Å². The Balaban J connectivity index is 2.07. The second-order valence-corrected chi connectivity index (χ2v) is 4.99. The van der Waals surface area contributed by atoms with Crippen LogP contribution >= 0.6 is 0 Å². The van der Waals surface area contributed by atoms with Gasteiger partial charge in [0, 0.05) is 32.9 Å². The summed E-state index contributed by atoms with van der Waals surface area (Å²) in [6.45, 7) is 7.28. The second kappa shape index (κ2) is 6.34. The smallest absolute Gasteiger partial charge is 0.407 e. The molecule has 0 spiro atoms. The van der Waals surface area contributed by atoms with Crippen molar-refractivity contribution in [2.45, 2.75) is 32.9 Å². The lowest BCUT2D eigenvalue weighted by atomic mass is 10.2. The first-order chi connectivity index (χ1) is 8.37. The van der Waals surface area contributed by atoms with Crippen molar-refractivity contribution in [2.75, 3.05) is 13.1 Å². The molecule has 0 saturated carbocycles. The van der Waals surface area contributed by atoms with Crippen LogP contribution in [0, 0.1) is 0 Å². The minimum atomic E-state index is -0.461. The van der Waals surface area contributed by atoms with Crippen molar-refractivity contribution in [3.63, 3.8) is 0 Å². The molecule has 0 fully saturated rings. The molecule has 1 aromatic rings. The predicted octanol–water partition coefficient (Wildman–Crippen LogP) is 0.429. The van der Waals surface area contributed by atoms with E-state index in [2.05, 4.69) is 20.9 Å². The molecular formula is C11H21N5O2. The van der Waals surface area contributed by atoms with Crippen LogP contribution in [0.3, 0.4) is 0 Å². The van der Waals surface area contributed by atoms with E-state index in [9.17, 15) is 4.79 Å². The Hall–Kier alpha value is -1.63. The molecule has 1 rings (SSSR count). The maximum Gasteiger partial charge on any atom is 0.407 e. The van der Waals surface area contributed by atoms with Crippen LogP contribution in [0.2, 0.25) is 0 Å². The fourth-order valence-electron chi connectivity index (χ4n) is 1.26. The van der Waals surface area contributed by atoms with E-state index in [1.807, 2.05) is 34.0 Å². The Bertz CT molecular complexity index is 383. The van der Waals surface area contributed by atoms with Gasteiger partial charge in [-0.05, 0) is 20.8 Å². The van der Waals surface area contributed by atoms with E-state index in [0.717, 1.165) is 5.69 Å². The molecule has 1 aromatic heterocycles. The molecule has 0 aromatic carbocycles. The van der Waals surface area contributed by atoms with Gasteiger partial charge in [-0.1, -0.05) is 5.21 Å². The molecule has 0 aliphatic heterocycles. The third kappa shape index (κ3) is 6.19. The maximum absolute atomic E-state index is 11.3. The summed E-state index contributed by atoms with van der Waals surface area (Å²) in [7, 11) is 1.82. The molecule has 2 N–H and O–H groups in total. The summed E-state index contributed by atoms with van der Waals surface area (Å²) < 4.78 is 6.75. The number of hydrogen-bond donors (Lipinski definition) is 2. The SMILES string of the molecule is Cn1cc(CNCCNC(=O)OC(C)(C)C)nn1. The van der Waals surface area contributed by atoms with Gasteiger partial charge in [-0.25, -0.2) is 4.79 Å². The Kier molecular flexibility index (Phi) is 5.08. The minimum absolute atomic E-state index is 0.399. The summed E-state index contributed by atoms with van der Waals surface area (Å²) in [5.41, 5.74) is 0.409. The van der Waals surface area contributed by atoms with Gasteiger partial charge < -0.3 is 15.4 Å². The van der Waals surface area contributed by atoms with Gasteiger partial charge in [-0.3, -0.25) is 4.68 Å². The van der Waals surface area contributed by atoms with Gasteiger partial charge in [0.2, 0.25) is 0 Å². The highest BCUT2D eigenvalue weighted by molar-refractivity contribution is 5.67. The Labute approximate surface area is 107 Å². The lowest BCUT2D eigenvalue weighted by Gasteiger charge is -2.19. The Morgan fingerprint density at radius 1 is 1.44 bits per heavy atom. The van der Waals surface area contributed by atoms with Crippen LogP contribution in [0.15, 0.2) is 6.20 Å². The number of hydrogen-bond acceptors (Lipinski definition) is 5. The molecule has 1 amide bonds. The van der Waals surface area contributed by atoms with Crippen molar-refractivity contribution in [3.05, 3.63) is 11.9 Å². The lowest BCUT2D eigenvalue weighted by molar-refractivity contribution is 0.0528. The number of nitrogens with zero attached hydrogens (tertiary/aromatic N) is 3. The van der Waals surface area contributed by atoms with Gasteiger partial charge >= 0.3 is 6.09 Å². The largest absolute Gasteiger partial charge is 0.444 e. The van der Waals surface area contributed by atoms with Gasteiger partial charge in [0.15, 0.2) is 0 Å². The number of rotatable bonds is 5. The van der Waals surface area contributed by atoms with Crippen molar-refractivity contribution in [3.8, 4) is 0 Å². The van der Waals surface area contributed by atoms with E-state index in [1.54, 1.807) is 4.68 Å². The molecule has 18 heavy (non-hydrogen) atoms. The molecule has 0 aliphatic rings. The van der Waals surface area contributed by atoms with Crippen LogP contribution in [0.1, 0.15) is 26.5 Å². The van der Waals surface area contributed by atoms with E-state index in [4.69, 9.17) is 4.74 Å². The van der Waals surface area contributed by atoms with Crippen LogP contribution in [-0.4, -0.2) is 39.8 Å². The van der Waals surface area contributed by atoms with Gasteiger partial charge in [0.1, 0.15) is 5.60 Å². The molecule has 0 bridgehead atoms. The number of ether oxygens (including phenoxy) is 1.